The van der Waals surface area contributed by atoms with E-state index >= 15 is 0 Å². The third kappa shape index (κ3) is 3.01. The standard InChI is InChI=1S/C18H16N2O2/c1-22-17-6-4-5-15(13-17)19-18(21)14-7-9-16(10-8-14)20-11-2-3-12-20/h2-13H,1H3,(H,19,21). The number of rotatable bonds is 4. The van der Waals surface area contributed by atoms with E-state index in [1.807, 2.05) is 71.6 Å². The Morgan fingerprint density at radius 2 is 1.73 bits per heavy atom. The van der Waals surface area contributed by atoms with Crippen LogP contribution in [0.5, 0.6) is 5.75 Å². The van der Waals surface area contributed by atoms with Crippen molar-refractivity contribution in [2.24, 2.45) is 0 Å². The highest BCUT2D eigenvalue weighted by atomic mass is 16.5. The molecule has 0 radical (unpaired) electrons. The number of carbonyl (C=O) groups is 1. The number of anilines is 1. The van der Waals surface area contributed by atoms with Gasteiger partial charge in [-0.2, -0.15) is 0 Å². The number of hydrogen-bond acceptors (Lipinski definition) is 2. The highest BCUT2D eigenvalue weighted by Gasteiger charge is 2.07. The lowest BCUT2D eigenvalue weighted by atomic mass is 10.2. The van der Waals surface area contributed by atoms with Crippen molar-refractivity contribution in [2.75, 3.05) is 12.4 Å². The van der Waals surface area contributed by atoms with Gasteiger partial charge in [0.05, 0.1) is 7.11 Å². The lowest BCUT2D eigenvalue weighted by molar-refractivity contribution is 0.102. The summed E-state index contributed by atoms with van der Waals surface area (Å²) >= 11 is 0. The molecule has 0 aliphatic heterocycles. The third-order valence-corrected chi connectivity index (χ3v) is 3.36. The molecule has 3 aromatic rings. The van der Waals surface area contributed by atoms with Crippen LogP contribution in [0.3, 0.4) is 0 Å². The van der Waals surface area contributed by atoms with Crippen LogP contribution in [0, 0.1) is 0 Å². The molecule has 0 aliphatic carbocycles. The predicted octanol–water partition coefficient (Wildman–Crippen LogP) is 3.74. The maximum Gasteiger partial charge on any atom is 0.255 e. The number of nitrogens with one attached hydrogen (secondary N) is 1. The van der Waals surface area contributed by atoms with Crippen LogP contribution < -0.4 is 10.1 Å². The Balaban J connectivity index is 1.74. The normalized spacial score (nSPS) is 10.2. The number of aromatic nitrogens is 1. The van der Waals surface area contributed by atoms with Crippen LogP contribution >= 0.6 is 0 Å². The van der Waals surface area contributed by atoms with Crippen LogP contribution in [-0.4, -0.2) is 17.6 Å². The second-order valence-corrected chi connectivity index (χ2v) is 4.82. The molecule has 22 heavy (non-hydrogen) atoms. The first-order valence-corrected chi connectivity index (χ1v) is 6.95. The fraction of sp³-hybridized carbons (Fsp3) is 0.0556. The summed E-state index contributed by atoms with van der Waals surface area (Å²) in [6.45, 7) is 0. The van der Waals surface area contributed by atoms with Gasteiger partial charge in [0.25, 0.3) is 5.91 Å². The van der Waals surface area contributed by atoms with Crippen molar-refractivity contribution in [1.29, 1.82) is 0 Å². The summed E-state index contributed by atoms with van der Waals surface area (Å²) in [4.78, 5) is 12.3. The summed E-state index contributed by atoms with van der Waals surface area (Å²) in [5.74, 6) is 0.563. The Kier molecular flexibility index (Phi) is 3.92. The Hall–Kier alpha value is -3.01. The Labute approximate surface area is 129 Å². The molecule has 0 saturated heterocycles. The highest BCUT2D eigenvalue weighted by Crippen LogP contribution is 2.18. The van der Waals surface area contributed by atoms with Crippen molar-refractivity contribution in [3.05, 3.63) is 78.6 Å². The molecule has 1 N–H and O–H groups in total. The summed E-state index contributed by atoms with van der Waals surface area (Å²) in [6.07, 6.45) is 3.93. The number of nitrogens with zero attached hydrogens (tertiary/aromatic N) is 1. The van der Waals surface area contributed by atoms with Gasteiger partial charge in [0, 0.05) is 35.4 Å². The molecule has 4 nitrogen and oxygen atoms in total. The van der Waals surface area contributed by atoms with Crippen LogP contribution in [0.4, 0.5) is 5.69 Å². The van der Waals surface area contributed by atoms with Gasteiger partial charge in [-0.15, -0.1) is 0 Å². The van der Waals surface area contributed by atoms with Gasteiger partial charge in [-0.05, 0) is 48.5 Å². The van der Waals surface area contributed by atoms with E-state index in [2.05, 4.69) is 5.32 Å². The molecule has 110 valence electrons. The first-order chi connectivity index (χ1) is 10.8. The first-order valence-electron chi connectivity index (χ1n) is 6.95. The monoisotopic (exact) mass is 292 g/mol. The number of amides is 1. The van der Waals surface area contributed by atoms with Crippen LogP contribution in [0.15, 0.2) is 73.1 Å². The van der Waals surface area contributed by atoms with Gasteiger partial charge < -0.3 is 14.6 Å². The molecular weight excluding hydrogens is 276 g/mol. The number of benzene rings is 2. The first kappa shape index (κ1) is 13.9. The topological polar surface area (TPSA) is 43.3 Å². The third-order valence-electron chi connectivity index (χ3n) is 3.36. The van der Waals surface area contributed by atoms with Crippen molar-refractivity contribution in [1.82, 2.24) is 4.57 Å². The zero-order valence-electron chi connectivity index (χ0n) is 12.2. The van der Waals surface area contributed by atoms with Gasteiger partial charge in [-0.3, -0.25) is 4.79 Å². The van der Waals surface area contributed by atoms with Crippen LogP contribution in [0.1, 0.15) is 10.4 Å². The molecule has 1 aromatic heterocycles. The molecule has 3 rings (SSSR count). The zero-order chi connectivity index (χ0) is 15.4. The zero-order valence-corrected chi connectivity index (χ0v) is 12.2. The van der Waals surface area contributed by atoms with Crippen molar-refractivity contribution in [3.63, 3.8) is 0 Å². The molecule has 0 saturated carbocycles. The molecule has 0 bridgehead atoms. The molecule has 0 spiro atoms. The van der Waals surface area contributed by atoms with E-state index in [-0.39, 0.29) is 5.91 Å². The van der Waals surface area contributed by atoms with E-state index in [1.165, 1.54) is 0 Å². The summed E-state index contributed by atoms with van der Waals surface area (Å²) in [5.41, 5.74) is 2.33. The molecule has 4 heteroatoms. The molecule has 1 amide bonds. The maximum atomic E-state index is 12.3. The van der Waals surface area contributed by atoms with Gasteiger partial charge in [-0.1, -0.05) is 6.07 Å². The van der Waals surface area contributed by atoms with Crippen molar-refractivity contribution < 1.29 is 9.53 Å². The quantitative estimate of drug-likeness (QED) is 0.796. The van der Waals surface area contributed by atoms with Gasteiger partial charge in [-0.25, -0.2) is 0 Å². The van der Waals surface area contributed by atoms with Crippen LogP contribution in [0.25, 0.3) is 5.69 Å². The van der Waals surface area contributed by atoms with E-state index < -0.39 is 0 Å². The van der Waals surface area contributed by atoms with E-state index in [0.29, 0.717) is 17.0 Å². The highest BCUT2D eigenvalue weighted by molar-refractivity contribution is 6.04. The van der Waals surface area contributed by atoms with Gasteiger partial charge in [0.15, 0.2) is 0 Å². The smallest absolute Gasteiger partial charge is 0.255 e. The molecule has 2 aromatic carbocycles. The number of ether oxygens (including phenoxy) is 1. The van der Waals surface area contributed by atoms with Gasteiger partial charge >= 0.3 is 0 Å². The fourth-order valence-corrected chi connectivity index (χ4v) is 2.20. The van der Waals surface area contributed by atoms with Crippen molar-refractivity contribution >= 4 is 11.6 Å². The summed E-state index contributed by atoms with van der Waals surface area (Å²) in [6, 6.07) is 18.7. The van der Waals surface area contributed by atoms with Crippen molar-refractivity contribution in [2.45, 2.75) is 0 Å². The summed E-state index contributed by atoms with van der Waals surface area (Å²) < 4.78 is 7.13. The number of hydrogen-bond donors (Lipinski definition) is 1. The minimum absolute atomic E-state index is 0.146. The summed E-state index contributed by atoms with van der Waals surface area (Å²) in [5, 5.41) is 2.86. The van der Waals surface area contributed by atoms with E-state index in [0.717, 1.165) is 5.69 Å². The second kappa shape index (κ2) is 6.18. The lowest BCUT2D eigenvalue weighted by Gasteiger charge is -2.08. The Morgan fingerprint density at radius 3 is 2.41 bits per heavy atom. The van der Waals surface area contributed by atoms with E-state index in [4.69, 9.17) is 4.74 Å². The second-order valence-electron chi connectivity index (χ2n) is 4.82. The largest absolute Gasteiger partial charge is 0.497 e. The fourth-order valence-electron chi connectivity index (χ4n) is 2.20. The molecule has 1 heterocycles. The van der Waals surface area contributed by atoms with E-state index in [9.17, 15) is 4.79 Å². The molecular formula is C18H16N2O2. The van der Waals surface area contributed by atoms with Crippen LogP contribution in [0.2, 0.25) is 0 Å². The average Bonchev–Trinajstić information content (AvgIpc) is 3.09. The number of carbonyl (C=O) groups excluding carboxylic acids is 1. The molecule has 0 unspecified atom stereocenters. The van der Waals surface area contributed by atoms with Gasteiger partial charge in [0.2, 0.25) is 0 Å². The lowest BCUT2D eigenvalue weighted by Crippen LogP contribution is -2.11. The Bertz CT molecular complexity index is 762. The predicted molar refractivity (Wildman–Crippen MR) is 86.7 cm³/mol. The number of methoxy groups -OCH3 is 1. The van der Waals surface area contributed by atoms with Crippen LogP contribution in [-0.2, 0) is 0 Å². The van der Waals surface area contributed by atoms with Gasteiger partial charge in [0.1, 0.15) is 5.75 Å². The molecule has 0 fully saturated rings. The minimum Gasteiger partial charge on any atom is -0.497 e. The van der Waals surface area contributed by atoms with Crippen molar-refractivity contribution in [3.8, 4) is 11.4 Å². The Morgan fingerprint density at radius 1 is 1.00 bits per heavy atom. The van der Waals surface area contributed by atoms with E-state index in [1.54, 1.807) is 13.2 Å². The maximum absolute atomic E-state index is 12.3. The molecule has 0 atom stereocenters. The summed E-state index contributed by atoms with van der Waals surface area (Å²) in [7, 11) is 1.60. The molecule has 0 aliphatic rings. The SMILES string of the molecule is COc1cccc(NC(=O)c2ccc(-n3cccc3)cc2)c1. The minimum atomic E-state index is -0.146. The average molecular weight is 292 g/mol.